The molecule has 0 atom stereocenters. The van der Waals surface area contributed by atoms with Gasteiger partial charge in [0.1, 0.15) is 28.1 Å². The van der Waals surface area contributed by atoms with E-state index in [1.165, 1.54) is 25.3 Å². The molecule has 0 unspecified atom stereocenters. The van der Waals surface area contributed by atoms with E-state index in [1.807, 2.05) is 45.0 Å². The van der Waals surface area contributed by atoms with Crippen LogP contribution in [0.4, 0.5) is 4.79 Å². The number of nitrogens with zero attached hydrogens (tertiary/aromatic N) is 1. The van der Waals surface area contributed by atoms with Crippen molar-refractivity contribution in [1.29, 1.82) is 0 Å². The Morgan fingerprint density at radius 2 is 1.73 bits per heavy atom. The van der Waals surface area contributed by atoms with Crippen molar-refractivity contribution in [3.05, 3.63) is 53.6 Å². The third kappa shape index (κ3) is 8.09. The second kappa shape index (κ2) is 11.8. The third-order valence-corrected chi connectivity index (χ3v) is 7.25. The first-order valence-electron chi connectivity index (χ1n) is 12.1. The molecule has 202 valence electrons. The molecule has 3 rings (SSSR count). The van der Waals surface area contributed by atoms with E-state index in [0.29, 0.717) is 38.1 Å². The van der Waals surface area contributed by atoms with Crippen LogP contribution in [0.2, 0.25) is 0 Å². The number of piperidine rings is 1. The average Bonchev–Trinajstić information content (AvgIpc) is 2.84. The molecule has 1 aliphatic heterocycles. The van der Waals surface area contributed by atoms with E-state index < -0.39 is 21.5 Å². The number of benzene rings is 2. The minimum atomic E-state index is -3.92. The number of nitrogens with two attached hydrogens (primary N) is 1. The Labute approximate surface area is 218 Å². The molecule has 1 heterocycles. The first kappa shape index (κ1) is 28.3. The minimum absolute atomic E-state index is 0.00231. The van der Waals surface area contributed by atoms with Crippen LogP contribution in [0.15, 0.2) is 47.4 Å². The van der Waals surface area contributed by atoms with Gasteiger partial charge in [-0.1, -0.05) is 12.1 Å². The number of nitrogens with one attached hydrogen (secondary N) is 1. The smallest absolute Gasteiger partial charge is 0.410 e. The number of carbonyl (C=O) groups is 2. The van der Waals surface area contributed by atoms with Crippen molar-refractivity contribution in [2.24, 2.45) is 5.73 Å². The summed E-state index contributed by atoms with van der Waals surface area (Å²) in [6.07, 6.45) is 1.57. The molecule has 1 saturated heterocycles. The third-order valence-electron chi connectivity index (χ3n) is 5.76. The van der Waals surface area contributed by atoms with E-state index in [-0.39, 0.29) is 35.0 Å². The average molecular weight is 534 g/mol. The number of sulfonamides is 1. The van der Waals surface area contributed by atoms with Gasteiger partial charge in [-0.05, 0) is 63.1 Å². The number of carbonyl (C=O) groups excluding carboxylic acids is 2. The van der Waals surface area contributed by atoms with Gasteiger partial charge in [-0.15, -0.1) is 0 Å². The van der Waals surface area contributed by atoms with Gasteiger partial charge in [0.25, 0.3) is 0 Å². The van der Waals surface area contributed by atoms with E-state index in [0.717, 1.165) is 5.56 Å². The first-order chi connectivity index (χ1) is 17.4. The number of methoxy groups -OCH3 is 1. The van der Waals surface area contributed by atoms with Crippen LogP contribution in [-0.2, 0) is 21.2 Å². The van der Waals surface area contributed by atoms with E-state index in [4.69, 9.17) is 19.9 Å². The fourth-order valence-corrected chi connectivity index (χ4v) is 5.08. The number of primary amides is 1. The Morgan fingerprint density at radius 3 is 2.30 bits per heavy atom. The minimum Gasteiger partial charge on any atom is -0.495 e. The summed E-state index contributed by atoms with van der Waals surface area (Å²) in [5, 5.41) is 0. The molecule has 0 radical (unpaired) electrons. The summed E-state index contributed by atoms with van der Waals surface area (Å²) in [5.41, 5.74) is 5.76. The second-order valence-corrected chi connectivity index (χ2v) is 11.5. The van der Waals surface area contributed by atoms with E-state index in [1.54, 1.807) is 4.90 Å². The van der Waals surface area contributed by atoms with Crippen LogP contribution in [0.25, 0.3) is 0 Å². The van der Waals surface area contributed by atoms with Crippen molar-refractivity contribution in [1.82, 2.24) is 9.62 Å². The number of amides is 2. The summed E-state index contributed by atoms with van der Waals surface area (Å²) in [7, 11) is -2.57. The van der Waals surface area contributed by atoms with Gasteiger partial charge < -0.3 is 24.8 Å². The van der Waals surface area contributed by atoms with Crippen LogP contribution in [-0.4, -0.2) is 63.8 Å². The van der Waals surface area contributed by atoms with Gasteiger partial charge in [-0.3, -0.25) is 4.79 Å². The Balaban J connectivity index is 1.49. The van der Waals surface area contributed by atoms with Crippen LogP contribution in [0.3, 0.4) is 0 Å². The maximum Gasteiger partial charge on any atom is 0.410 e. The molecular weight excluding hydrogens is 498 g/mol. The van der Waals surface area contributed by atoms with E-state index >= 15 is 0 Å². The molecule has 3 N–H and O–H groups in total. The van der Waals surface area contributed by atoms with Crippen LogP contribution in [0, 0.1) is 0 Å². The van der Waals surface area contributed by atoms with Crippen LogP contribution in [0.1, 0.15) is 49.5 Å². The van der Waals surface area contributed by atoms with E-state index in [2.05, 4.69) is 4.72 Å². The Kier molecular flexibility index (Phi) is 9.03. The Bertz CT molecular complexity index is 1200. The largest absolute Gasteiger partial charge is 0.495 e. The lowest BCUT2D eigenvalue weighted by Gasteiger charge is -2.33. The maximum atomic E-state index is 12.8. The summed E-state index contributed by atoms with van der Waals surface area (Å²) in [5.74, 6) is 0.110. The van der Waals surface area contributed by atoms with Crippen LogP contribution >= 0.6 is 0 Å². The lowest BCUT2D eigenvalue weighted by molar-refractivity contribution is 0.0126. The Hall–Kier alpha value is -3.31. The SMILES string of the molecule is COc1ccc(C(N)=O)cc1S(=O)(=O)NCCc1ccc(OC2CCN(C(=O)OC(C)(C)C)CC2)cc1. The molecule has 2 aromatic carbocycles. The van der Waals surface area contributed by atoms with Crippen molar-refractivity contribution in [2.75, 3.05) is 26.7 Å². The van der Waals surface area contributed by atoms with Crippen molar-refractivity contribution < 1.29 is 32.2 Å². The monoisotopic (exact) mass is 533 g/mol. The van der Waals surface area contributed by atoms with Crippen molar-refractivity contribution in [3.8, 4) is 11.5 Å². The van der Waals surface area contributed by atoms with Gasteiger partial charge in [0.15, 0.2) is 0 Å². The zero-order chi connectivity index (χ0) is 27.2. The molecule has 37 heavy (non-hydrogen) atoms. The van der Waals surface area contributed by atoms with Crippen molar-refractivity contribution in [3.63, 3.8) is 0 Å². The Morgan fingerprint density at radius 1 is 1.08 bits per heavy atom. The highest BCUT2D eigenvalue weighted by Crippen LogP contribution is 2.25. The number of hydrogen-bond donors (Lipinski definition) is 2. The van der Waals surface area contributed by atoms with E-state index in [9.17, 15) is 18.0 Å². The summed E-state index contributed by atoms with van der Waals surface area (Å²) in [6, 6.07) is 11.5. The predicted molar refractivity (Wildman–Crippen MR) is 138 cm³/mol. The molecule has 10 nitrogen and oxygen atoms in total. The highest BCUT2D eigenvalue weighted by Gasteiger charge is 2.27. The van der Waals surface area contributed by atoms with Gasteiger partial charge in [0, 0.05) is 38.0 Å². The van der Waals surface area contributed by atoms with Crippen molar-refractivity contribution in [2.45, 2.75) is 56.6 Å². The van der Waals surface area contributed by atoms with Gasteiger partial charge >= 0.3 is 6.09 Å². The molecule has 0 bridgehead atoms. The predicted octanol–water partition coefficient (Wildman–Crippen LogP) is 3.09. The van der Waals surface area contributed by atoms with Gasteiger partial charge in [-0.2, -0.15) is 0 Å². The lowest BCUT2D eigenvalue weighted by Crippen LogP contribution is -2.44. The molecule has 1 fully saturated rings. The molecule has 0 saturated carbocycles. The highest BCUT2D eigenvalue weighted by molar-refractivity contribution is 7.89. The first-order valence-corrected chi connectivity index (χ1v) is 13.6. The molecule has 11 heteroatoms. The summed E-state index contributed by atoms with van der Waals surface area (Å²) in [6.45, 7) is 6.84. The van der Waals surface area contributed by atoms with Crippen LogP contribution < -0.4 is 19.9 Å². The fraction of sp³-hybridized carbons (Fsp3) is 0.462. The van der Waals surface area contributed by atoms with Crippen LogP contribution in [0.5, 0.6) is 11.5 Å². The number of hydrogen-bond acceptors (Lipinski definition) is 7. The number of likely N-dealkylation sites (tertiary alicyclic amines) is 1. The molecule has 0 aromatic heterocycles. The molecular formula is C26H35N3O7S. The zero-order valence-corrected chi connectivity index (χ0v) is 22.5. The normalized spacial score (nSPS) is 14.8. The molecule has 2 amide bonds. The number of ether oxygens (including phenoxy) is 3. The lowest BCUT2D eigenvalue weighted by atomic mass is 10.1. The molecule has 0 spiro atoms. The quantitative estimate of drug-likeness (QED) is 0.505. The van der Waals surface area contributed by atoms with Gasteiger partial charge in [0.2, 0.25) is 15.9 Å². The summed E-state index contributed by atoms with van der Waals surface area (Å²) < 4.78 is 44.7. The fourth-order valence-electron chi connectivity index (χ4n) is 3.86. The molecule has 1 aliphatic rings. The topological polar surface area (TPSA) is 137 Å². The zero-order valence-electron chi connectivity index (χ0n) is 21.7. The van der Waals surface area contributed by atoms with Gasteiger partial charge in [-0.25, -0.2) is 17.9 Å². The summed E-state index contributed by atoms with van der Waals surface area (Å²) in [4.78, 5) is 25.2. The standard InChI is InChI=1S/C26H35N3O7S/c1-26(2,3)36-25(31)29-15-12-21(13-16-29)35-20-8-5-18(6-9-20)11-14-28-37(32,33)23-17-19(24(27)30)7-10-22(23)34-4/h5-10,17,21,28H,11-16H2,1-4H3,(H2,27,30). The molecule has 2 aromatic rings. The van der Waals surface area contributed by atoms with Gasteiger partial charge in [0.05, 0.1) is 7.11 Å². The summed E-state index contributed by atoms with van der Waals surface area (Å²) >= 11 is 0. The second-order valence-electron chi connectivity index (χ2n) is 9.81. The molecule has 0 aliphatic carbocycles. The number of rotatable bonds is 9. The maximum absolute atomic E-state index is 12.8. The highest BCUT2D eigenvalue weighted by atomic mass is 32.2. The van der Waals surface area contributed by atoms with Crippen molar-refractivity contribution >= 4 is 22.0 Å².